The molecule has 0 radical (unpaired) electrons. The van der Waals surface area contributed by atoms with Gasteiger partial charge in [0.25, 0.3) is 0 Å². The van der Waals surface area contributed by atoms with Crippen LogP contribution in [0.2, 0.25) is 0 Å². The summed E-state index contributed by atoms with van der Waals surface area (Å²) in [5.74, 6) is -1.94. The highest BCUT2D eigenvalue weighted by atomic mass is 19.1. The Balaban J connectivity index is 2.14. The van der Waals surface area contributed by atoms with Crippen LogP contribution in [0.15, 0.2) is 36.4 Å². The van der Waals surface area contributed by atoms with Gasteiger partial charge in [0.05, 0.1) is 0 Å². The molecule has 0 unspecified atom stereocenters. The van der Waals surface area contributed by atoms with Crippen LogP contribution in [-0.2, 0) is 13.2 Å². The maximum Gasteiger partial charge on any atom is 0.134 e. The lowest BCUT2D eigenvalue weighted by atomic mass is 10.1. The van der Waals surface area contributed by atoms with E-state index in [9.17, 15) is 13.2 Å². The molecule has 2 nitrogen and oxygen atoms in total. The van der Waals surface area contributed by atoms with Gasteiger partial charge in [-0.05, 0) is 0 Å². The van der Waals surface area contributed by atoms with Crippen LogP contribution in [0.3, 0.4) is 0 Å². The SMILES string of the molecule is NCc1cccc(COc2cc(F)cc(F)c2)c1F. The summed E-state index contributed by atoms with van der Waals surface area (Å²) < 4.78 is 44.9. The molecule has 100 valence electrons. The van der Waals surface area contributed by atoms with Gasteiger partial charge in [0.1, 0.15) is 29.8 Å². The maximum absolute atomic E-state index is 13.8. The first-order valence-corrected chi connectivity index (χ1v) is 5.65. The van der Waals surface area contributed by atoms with Crippen LogP contribution >= 0.6 is 0 Å². The Kier molecular flexibility index (Phi) is 4.06. The molecule has 2 aromatic carbocycles. The third-order valence-electron chi connectivity index (χ3n) is 2.61. The zero-order valence-corrected chi connectivity index (χ0v) is 10.00. The van der Waals surface area contributed by atoms with E-state index in [4.69, 9.17) is 10.5 Å². The molecule has 0 aliphatic heterocycles. The van der Waals surface area contributed by atoms with Gasteiger partial charge in [-0.3, -0.25) is 0 Å². The smallest absolute Gasteiger partial charge is 0.134 e. The average Bonchev–Trinajstić information content (AvgIpc) is 2.36. The Bertz CT molecular complexity index is 567. The summed E-state index contributed by atoms with van der Waals surface area (Å²) in [6, 6.07) is 7.56. The summed E-state index contributed by atoms with van der Waals surface area (Å²) in [6.07, 6.45) is 0. The Morgan fingerprint density at radius 1 is 0.947 bits per heavy atom. The minimum atomic E-state index is -0.744. The lowest BCUT2D eigenvalue weighted by molar-refractivity contribution is 0.296. The molecule has 0 aromatic heterocycles. The summed E-state index contributed by atoms with van der Waals surface area (Å²) in [4.78, 5) is 0. The van der Waals surface area contributed by atoms with E-state index in [2.05, 4.69) is 0 Å². The molecule has 0 fully saturated rings. The molecular weight excluding hydrogens is 255 g/mol. The molecule has 0 atom stereocenters. The number of ether oxygens (including phenoxy) is 1. The Morgan fingerprint density at radius 2 is 1.58 bits per heavy atom. The number of hydrogen-bond donors (Lipinski definition) is 1. The van der Waals surface area contributed by atoms with E-state index < -0.39 is 17.5 Å². The Labute approximate surface area is 108 Å². The molecule has 2 aromatic rings. The van der Waals surface area contributed by atoms with Crippen molar-refractivity contribution in [2.45, 2.75) is 13.2 Å². The molecule has 0 aliphatic rings. The molecule has 2 N–H and O–H groups in total. The summed E-state index contributed by atoms with van der Waals surface area (Å²) in [5, 5.41) is 0. The van der Waals surface area contributed by atoms with E-state index in [1.807, 2.05) is 0 Å². The minimum Gasteiger partial charge on any atom is -0.489 e. The second-order valence-electron chi connectivity index (χ2n) is 3.99. The summed E-state index contributed by atoms with van der Waals surface area (Å²) >= 11 is 0. The van der Waals surface area contributed by atoms with E-state index in [-0.39, 0.29) is 24.5 Å². The first-order chi connectivity index (χ1) is 9.10. The second kappa shape index (κ2) is 5.75. The minimum absolute atomic E-state index is 0.00931. The van der Waals surface area contributed by atoms with E-state index >= 15 is 0 Å². The molecule has 0 heterocycles. The van der Waals surface area contributed by atoms with Crippen LogP contribution in [-0.4, -0.2) is 0 Å². The Morgan fingerprint density at radius 3 is 2.21 bits per heavy atom. The fourth-order valence-electron chi connectivity index (χ4n) is 1.68. The van der Waals surface area contributed by atoms with Crippen molar-refractivity contribution < 1.29 is 17.9 Å². The van der Waals surface area contributed by atoms with Gasteiger partial charge < -0.3 is 10.5 Å². The van der Waals surface area contributed by atoms with Crippen molar-refractivity contribution in [3.63, 3.8) is 0 Å². The van der Waals surface area contributed by atoms with Gasteiger partial charge in [-0.1, -0.05) is 18.2 Å². The summed E-state index contributed by atoms with van der Waals surface area (Å²) in [7, 11) is 0. The number of benzene rings is 2. The molecule has 0 saturated heterocycles. The monoisotopic (exact) mass is 267 g/mol. The number of nitrogens with two attached hydrogens (primary N) is 1. The second-order valence-corrected chi connectivity index (χ2v) is 3.99. The predicted octanol–water partition coefficient (Wildman–Crippen LogP) is 3.14. The fourth-order valence-corrected chi connectivity index (χ4v) is 1.68. The first-order valence-electron chi connectivity index (χ1n) is 5.65. The van der Waals surface area contributed by atoms with Crippen LogP contribution < -0.4 is 10.5 Å². The normalized spacial score (nSPS) is 10.5. The zero-order valence-electron chi connectivity index (χ0n) is 10.00. The molecule has 0 saturated carbocycles. The van der Waals surface area contributed by atoms with E-state index in [0.29, 0.717) is 5.56 Å². The van der Waals surface area contributed by atoms with Crippen LogP contribution in [0, 0.1) is 17.5 Å². The van der Waals surface area contributed by atoms with Crippen molar-refractivity contribution in [2.75, 3.05) is 0 Å². The highest BCUT2D eigenvalue weighted by molar-refractivity contribution is 5.27. The van der Waals surface area contributed by atoms with Gasteiger partial charge >= 0.3 is 0 Å². The van der Waals surface area contributed by atoms with Crippen molar-refractivity contribution in [3.05, 3.63) is 65.0 Å². The number of rotatable bonds is 4. The fraction of sp³-hybridized carbons (Fsp3) is 0.143. The third-order valence-corrected chi connectivity index (χ3v) is 2.61. The summed E-state index contributed by atoms with van der Waals surface area (Å²) in [6.45, 7) is -0.0448. The average molecular weight is 267 g/mol. The van der Waals surface area contributed by atoms with Crippen molar-refractivity contribution in [2.24, 2.45) is 5.73 Å². The predicted molar refractivity (Wildman–Crippen MR) is 65.0 cm³/mol. The Hall–Kier alpha value is -2.01. The van der Waals surface area contributed by atoms with E-state index in [0.717, 1.165) is 18.2 Å². The number of halogens is 3. The zero-order chi connectivity index (χ0) is 13.8. The van der Waals surface area contributed by atoms with Crippen molar-refractivity contribution >= 4 is 0 Å². The van der Waals surface area contributed by atoms with Crippen molar-refractivity contribution in [1.82, 2.24) is 0 Å². The van der Waals surface area contributed by atoms with E-state index in [1.54, 1.807) is 12.1 Å². The molecule has 0 amide bonds. The van der Waals surface area contributed by atoms with Gasteiger partial charge in [0.2, 0.25) is 0 Å². The molecule has 19 heavy (non-hydrogen) atoms. The first kappa shape index (κ1) is 13.4. The molecule has 0 bridgehead atoms. The van der Waals surface area contributed by atoms with Gasteiger partial charge in [0, 0.05) is 35.9 Å². The highest BCUT2D eigenvalue weighted by Crippen LogP contribution is 2.19. The van der Waals surface area contributed by atoms with Crippen LogP contribution in [0.1, 0.15) is 11.1 Å². The van der Waals surface area contributed by atoms with Gasteiger partial charge in [-0.25, -0.2) is 13.2 Å². The lowest BCUT2D eigenvalue weighted by Crippen LogP contribution is -2.05. The third kappa shape index (κ3) is 3.26. The molecule has 0 spiro atoms. The topological polar surface area (TPSA) is 35.2 Å². The molecular formula is C14H12F3NO. The largest absolute Gasteiger partial charge is 0.489 e. The van der Waals surface area contributed by atoms with Crippen LogP contribution in [0.25, 0.3) is 0 Å². The molecule has 0 aliphatic carbocycles. The number of hydrogen-bond acceptors (Lipinski definition) is 2. The molecule has 5 heteroatoms. The molecule has 2 rings (SSSR count). The van der Waals surface area contributed by atoms with E-state index in [1.165, 1.54) is 6.07 Å². The van der Waals surface area contributed by atoms with Crippen LogP contribution in [0.5, 0.6) is 5.75 Å². The van der Waals surface area contributed by atoms with Crippen molar-refractivity contribution in [1.29, 1.82) is 0 Å². The summed E-state index contributed by atoms with van der Waals surface area (Å²) in [5.41, 5.74) is 6.04. The van der Waals surface area contributed by atoms with Crippen molar-refractivity contribution in [3.8, 4) is 5.75 Å². The van der Waals surface area contributed by atoms with Crippen LogP contribution in [0.4, 0.5) is 13.2 Å². The van der Waals surface area contributed by atoms with Gasteiger partial charge in [-0.15, -0.1) is 0 Å². The highest BCUT2D eigenvalue weighted by Gasteiger charge is 2.08. The lowest BCUT2D eigenvalue weighted by Gasteiger charge is -2.09. The quantitative estimate of drug-likeness (QED) is 0.923. The standard InChI is InChI=1S/C14H12F3NO/c15-11-4-12(16)6-13(5-11)19-8-10-3-1-2-9(7-18)14(10)17/h1-6H,7-8,18H2. The van der Waals surface area contributed by atoms with Gasteiger partial charge in [-0.2, -0.15) is 0 Å². The maximum atomic E-state index is 13.8. The van der Waals surface area contributed by atoms with Gasteiger partial charge in [0.15, 0.2) is 0 Å².